The minimum atomic E-state index is -0.792. The molecule has 6 nitrogen and oxygen atoms in total. The molecule has 0 aromatic rings. The van der Waals surface area contributed by atoms with Gasteiger partial charge in [-0.3, -0.25) is 14.4 Å². The molecule has 0 radical (unpaired) electrons. The van der Waals surface area contributed by atoms with Crippen molar-refractivity contribution in [2.24, 2.45) is 0 Å². The lowest BCUT2D eigenvalue weighted by Gasteiger charge is -2.18. The standard InChI is InChI=1S/C74H124O6/c1-4-7-10-13-16-19-22-25-28-30-31-32-33-34-35-36-37-38-39-40-41-42-43-44-47-49-52-55-58-61-64-67-73(76)79-70-71(69-78-72(75)66-63-60-57-54-51-48-45-27-24-21-18-15-12-9-6-3)80-74(77)68-65-62-59-56-53-50-46-29-26-23-20-17-14-11-8-5-2/h7,10,16,18-19,21,25,27-28,31-32,34-35,37-38,40-41,43-45,71H,4-6,8-9,11-15,17,20,22-24,26,29-30,33,36,39,42,46-70H2,1-3H3/b10-7-,19-16-,21-18-,28-25-,32-31-,35-34-,38-37-,41-40-,44-43-,45-27-. The van der Waals surface area contributed by atoms with Gasteiger partial charge < -0.3 is 14.2 Å². The highest BCUT2D eigenvalue weighted by Gasteiger charge is 2.19. The average molecular weight is 1110 g/mol. The molecule has 0 rings (SSSR count). The van der Waals surface area contributed by atoms with Crippen molar-refractivity contribution in [1.29, 1.82) is 0 Å². The Bertz CT molecular complexity index is 1650. The second kappa shape index (κ2) is 67.3. The predicted molar refractivity (Wildman–Crippen MR) is 348 cm³/mol. The largest absolute Gasteiger partial charge is 0.462 e. The quantitative estimate of drug-likeness (QED) is 0.0261. The van der Waals surface area contributed by atoms with Crippen LogP contribution in [0.2, 0.25) is 0 Å². The third-order valence-corrected chi connectivity index (χ3v) is 14.2. The van der Waals surface area contributed by atoms with Crippen molar-refractivity contribution in [3.8, 4) is 0 Å². The highest BCUT2D eigenvalue weighted by atomic mass is 16.6. The topological polar surface area (TPSA) is 78.9 Å². The van der Waals surface area contributed by atoms with E-state index in [1.807, 2.05) is 0 Å². The van der Waals surface area contributed by atoms with Crippen molar-refractivity contribution in [1.82, 2.24) is 0 Å². The first-order valence-electron chi connectivity index (χ1n) is 33.5. The van der Waals surface area contributed by atoms with Gasteiger partial charge in [0.25, 0.3) is 0 Å². The summed E-state index contributed by atoms with van der Waals surface area (Å²) in [7, 11) is 0. The van der Waals surface area contributed by atoms with Crippen molar-refractivity contribution in [3.05, 3.63) is 122 Å². The second-order valence-corrected chi connectivity index (χ2v) is 22.0. The molecule has 0 aliphatic rings. The van der Waals surface area contributed by atoms with Crippen LogP contribution >= 0.6 is 0 Å². The smallest absolute Gasteiger partial charge is 0.306 e. The van der Waals surface area contributed by atoms with E-state index < -0.39 is 6.10 Å². The van der Waals surface area contributed by atoms with E-state index in [0.29, 0.717) is 19.3 Å². The van der Waals surface area contributed by atoms with Crippen LogP contribution < -0.4 is 0 Å². The van der Waals surface area contributed by atoms with Gasteiger partial charge in [-0.25, -0.2) is 0 Å². The molecule has 0 bridgehead atoms. The fourth-order valence-corrected chi connectivity index (χ4v) is 9.20. The van der Waals surface area contributed by atoms with E-state index in [4.69, 9.17) is 14.2 Å². The molecule has 0 fully saturated rings. The first-order chi connectivity index (χ1) is 39.5. The third-order valence-electron chi connectivity index (χ3n) is 14.2. The molecule has 0 aliphatic heterocycles. The zero-order valence-electron chi connectivity index (χ0n) is 52.3. The number of ether oxygens (including phenoxy) is 3. The maximum Gasteiger partial charge on any atom is 0.306 e. The van der Waals surface area contributed by atoms with E-state index in [9.17, 15) is 14.4 Å². The van der Waals surface area contributed by atoms with Crippen LogP contribution in [0.3, 0.4) is 0 Å². The Hall–Kier alpha value is -4.19. The highest BCUT2D eigenvalue weighted by molar-refractivity contribution is 5.71. The van der Waals surface area contributed by atoms with E-state index >= 15 is 0 Å². The number of hydrogen-bond donors (Lipinski definition) is 0. The number of unbranched alkanes of at least 4 members (excludes halogenated alkanes) is 29. The molecule has 0 heterocycles. The van der Waals surface area contributed by atoms with Gasteiger partial charge in [-0.1, -0.05) is 296 Å². The minimum absolute atomic E-state index is 0.0893. The van der Waals surface area contributed by atoms with E-state index in [1.54, 1.807) is 0 Å². The van der Waals surface area contributed by atoms with Crippen LogP contribution in [0.1, 0.15) is 310 Å². The summed E-state index contributed by atoms with van der Waals surface area (Å²) in [6.45, 7) is 6.50. The fraction of sp³-hybridized carbons (Fsp3) is 0.689. The summed E-state index contributed by atoms with van der Waals surface area (Å²) in [5.74, 6) is -0.907. The number of allylic oxidation sites excluding steroid dienone is 20. The molecule has 0 spiro atoms. The van der Waals surface area contributed by atoms with Gasteiger partial charge in [0, 0.05) is 19.3 Å². The zero-order chi connectivity index (χ0) is 57.8. The van der Waals surface area contributed by atoms with Gasteiger partial charge in [0.05, 0.1) is 0 Å². The Balaban J connectivity index is 4.35. The van der Waals surface area contributed by atoms with Gasteiger partial charge in [0.15, 0.2) is 6.10 Å². The molecule has 6 heteroatoms. The second-order valence-electron chi connectivity index (χ2n) is 22.0. The third kappa shape index (κ3) is 64.6. The summed E-state index contributed by atoms with van der Waals surface area (Å²) < 4.78 is 16.9. The number of carbonyl (C=O) groups is 3. The SMILES string of the molecule is CC/C=C\C/C=C\C/C=C\C/C=C\C/C=C\C/C=C\C/C=C\C/C=C\CCCCCCCCC(=O)OCC(COC(=O)CCCCCCC/C=C\C/C=C\CCCCC)OC(=O)CCCCCCCCCCCCCCCCCC. The van der Waals surface area contributed by atoms with Gasteiger partial charge in [0.1, 0.15) is 13.2 Å². The highest BCUT2D eigenvalue weighted by Crippen LogP contribution is 2.16. The number of hydrogen-bond acceptors (Lipinski definition) is 6. The summed E-state index contributed by atoms with van der Waals surface area (Å²) >= 11 is 0. The van der Waals surface area contributed by atoms with Crippen molar-refractivity contribution >= 4 is 17.9 Å². The molecule has 0 aromatic carbocycles. The monoisotopic (exact) mass is 1110 g/mol. The summed E-state index contributed by atoms with van der Waals surface area (Å²) in [5.41, 5.74) is 0. The van der Waals surface area contributed by atoms with E-state index in [0.717, 1.165) is 148 Å². The molecule has 80 heavy (non-hydrogen) atoms. The molecule has 0 amide bonds. The maximum absolute atomic E-state index is 12.9. The van der Waals surface area contributed by atoms with Gasteiger partial charge in [-0.2, -0.15) is 0 Å². The molecule has 1 atom stereocenters. The molecular weight excluding hydrogens is 985 g/mol. The molecule has 0 saturated carbocycles. The van der Waals surface area contributed by atoms with Crippen LogP contribution in [0.4, 0.5) is 0 Å². The van der Waals surface area contributed by atoms with Crippen LogP contribution in [0.15, 0.2) is 122 Å². The summed E-state index contributed by atoms with van der Waals surface area (Å²) in [6.07, 6.45) is 93.5. The minimum Gasteiger partial charge on any atom is -0.462 e. The van der Waals surface area contributed by atoms with Crippen LogP contribution in [0.5, 0.6) is 0 Å². The lowest BCUT2D eigenvalue weighted by Crippen LogP contribution is -2.30. The lowest BCUT2D eigenvalue weighted by molar-refractivity contribution is -0.167. The number of rotatable bonds is 60. The Morgan fingerprint density at radius 3 is 0.787 bits per heavy atom. The number of esters is 3. The Kier molecular flexibility index (Phi) is 63.8. The molecule has 456 valence electrons. The maximum atomic E-state index is 12.9. The molecule has 0 saturated heterocycles. The van der Waals surface area contributed by atoms with Crippen molar-refractivity contribution in [3.63, 3.8) is 0 Å². The average Bonchev–Trinajstić information content (AvgIpc) is 3.46. The Morgan fingerprint density at radius 1 is 0.263 bits per heavy atom. The van der Waals surface area contributed by atoms with Gasteiger partial charge >= 0.3 is 17.9 Å². The summed E-state index contributed by atoms with van der Waals surface area (Å²) in [6, 6.07) is 0. The van der Waals surface area contributed by atoms with Gasteiger partial charge in [-0.15, -0.1) is 0 Å². The molecule has 0 aromatic heterocycles. The summed E-state index contributed by atoms with van der Waals surface area (Å²) in [5, 5.41) is 0. The van der Waals surface area contributed by atoms with Crippen molar-refractivity contribution < 1.29 is 28.6 Å². The van der Waals surface area contributed by atoms with Crippen LogP contribution in [-0.2, 0) is 28.6 Å². The van der Waals surface area contributed by atoms with Gasteiger partial charge in [-0.05, 0) is 116 Å². The Labute approximate surface area is 494 Å². The molecular formula is C74H124O6. The van der Waals surface area contributed by atoms with E-state index in [2.05, 4.69) is 142 Å². The summed E-state index contributed by atoms with van der Waals surface area (Å²) in [4.78, 5) is 38.3. The van der Waals surface area contributed by atoms with E-state index in [1.165, 1.54) is 122 Å². The number of carbonyl (C=O) groups excluding carboxylic acids is 3. The lowest BCUT2D eigenvalue weighted by atomic mass is 10.0. The van der Waals surface area contributed by atoms with Crippen molar-refractivity contribution in [2.45, 2.75) is 316 Å². The van der Waals surface area contributed by atoms with Crippen LogP contribution in [0, 0.1) is 0 Å². The van der Waals surface area contributed by atoms with Crippen LogP contribution in [-0.4, -0.2) is 37.2 Å². The normalized spacial score (nSPS) is 12.9. The fourth-order valence-electron chi connectivity index (χ4n) is 9.20. The first kappa shape index (κ1) is 75.8. The Morgan fingerprint density at radius 2 is 0.487 bits per heavy atom. The molecule has 0 aliphatic carbocycles. The van der Waals surface area contributed by atoms with Gasteiger partial charge in [0.2, 0.25) is 0 Å². The molecule has 0 N–H and O–H groups in total. The molecule has 1 unspecified atom stereocenters. The van der Waals surface area contributed by atoms with E-state index in [-0.39, 0.29) is 31.1 Å². The zero-order valence-corrected chi connectivity index (χ0v) is 52.3. The van der Waals surface area contributed by atoms with Crippen molar-refractivity contribution in [2.75, 3.05) is 13.2 Å². The predicted octanol–water partition coefficient (Wildman–Crippen LogP) is 23.2. The first-order valence-corrected chi connectivity index (χ1v) is 33.5. The van der Waals surface area contributed by atoms with Crippen LogP contribution in [0.25, 0.3) is 0 Å².